The Balaban J connectivity index is 1.68. The minimum Gasteiger partial charge on any atom is -0.492 e. The van der Waals surface area contributed by atoms with Crippen LogP contribution in [0, 0.1) is 0 Å². The molecule has 25 heavy (non-hydrogen) atoms. The monoisotopic (exact) mass is 357 g/mol. The quantitative estimate of drug-likeness (QED) is 0.842. The van der Waals surface area contributed by atoms with E-state index in [1.165, 1.54) is 5.56 Å². The van der Waals surface area contributed by atoms with Crippen molar-refractivity contribution in [3.8, 4) is 16.9 Å². The summed E-state index contributed by atoms with van der Waals surface area (Å²) in [5.41, 5.74) is 3.27. The van der Waals surface area contributed by atoms with Crippen molar-refractivity contribution in [3.05, 3.63) is 54.1 Å². The minimum atomic E-state index is -3.16. The maximum absolute atomic E-state index is 12.5. The molecule has 2 aromatic rings. The molecule has 0 radical (unpaired) electrons. The predicted octanol–water partition coefficient (Wildman–Crippen LogP) is 3.43. The third-order valence-electron chi connectivity index (χ3n) is 5.34. The molecule has 0 amide bonds. The molecule has 132 valence electrons. The van der Waals surface area contributed by atoms with Crippen LogP contribution in [-0.2, 0) is 15.4 Å². The van der Waals surface area contributed by atoms with E-state index in [1.54, 1.807) is 4.31 Å². The van der Waals surface area contributed by atoms with Crippen molar-refractivity contribution in [1.82, 2.24) is 4.31 Å². The molecule has 0 N–H and O–H groups in total. The van der Waals surface area contributed by atoms with Gasteiger partial charge in [-0.15, -0.1) is 0 Å². The Kier molecular flexibility index (Phi) is 4.08. The van der Waals surface area contributed by atoms with Crippen LogP contribution in [0.4, 0.5) is 0 Å². The van der Waals surface area contributed by atoms with Gasteiger partial charge in [-0.1, -0.05) is 43.3 Å². The molecule has 0 aromatic heterocycles. The van der Waals surface area contributed by atoms with Gasteiger partial charge < -0.3 is 4.74 Å². The first-order valence-electron chi connectivity index (χ1n) is 8.85. The molecule has 1 fully saturated rings. The topological polar surface area (TPSA) is 46.6 Å². The fourth-order valence-corrected chi connectivity index (χ4v) is 5.56. The molecule has 1 spiro atoms. The summed E-state index contributed by atoms with van der Waals surface area (Å²) in [6.07, 6.45) is 1.47. The van der Waals surface area contributed by atoms with Crippen molar-refractivity contribution in [3.63, 3.8) is 0 Å². The Morgan fingerprint density at radius 1 is 1.12 bits per heavy atom. The van der Waals surface area contributed by atoms with Gasteiger partial charge in [-0.2, -0.15) is 0 Å². The minimum absolute atomic E-state index is 0.207. The zero-order chi connectivity index (χ0) is 17.5. The van der Waals surface area contributed by atoms with Gasteiger partial charge in [-0.25, -0.2) is 12.7 Å². The lowest BCUT2D eigenvalue weighted by Gasteiger charge is -2.23. The van der Waals surface area contributed by atoms with Crippen LogP contribution in [0.3, 0.4) is 0 Å². The number of sulfonamides is 1. The van der Waals surface area contributed by atoms with Crippen molar-refractivity contribution >= 4 is 10.0 Å². The predicted molar refractivity (Wildman–Crippen MR) is 99.3 cm³/mol. The number of ether oxygens (including phenoxy) is 1. The summed E-state index contributed by atoms with van der Waals surface area (Å²) >= 11 is 0. The van der Waals surface area contributed by atoms with Crippen molar-refractivity contribution in [2.24, 2.45) is 0 Å². The number of nitrogens with zero attached hydrogens (tertiary/aromatic N) is 1. The number of fused-ring (bicyclic) bond motifs is 2. The van der Waals surface area contributed by atoms with Gasteiger partial charge in [-0.3, -0.25) is 0 Å². The second-order valence-corrected chi connectivity index (χ2v) is 9.13. The van der Waals surface area contributed by atoms with E-state index < -0.39 is 10.0 Å². The van der Waals surface area contributed by atoms with Gasteiger partial charge in [0.15, 0.2) is 0 Å². The third-order valence-corrected chi connectivity index (χ3v) is 7.36. The zero-order valence-electron chi connectivity index (χ0n) is 14.4. The van der Waals surface area contributed by atoms with Crippen LogP contribution in [0.25, 0.3) is 11.1 Å². The molecule has 2 aliphatic heterocycles. The second kappa shape index (κ2) is 6.15. The molecular weight excluding hydrogens is 334 g/mol. The van der Waals surface area contributed by atoms with Crippen LogP contribution >= 0.6 is 0 Å². The Bertz CT molecular complexity index is 879. The summed E-state index contributed by atoms with van der Waals surface area (Å²) in [4.78, 5) is 0. The summed E-state index contributed by atoms with van der Waals surface area (Å²) in [5, 5.41) is 0. The smallest absolute Gasteiger partial charge is 0.214 e. The number of hydrogen-bond acceptors (Lipinski definition) is 3. The Labute approximate surface area is 149 Å². The fraction of sp³-hybridized carbons (Fsp3) is 0.400. The summed E-state index contributed by atoms with van der Waals surface area (Å²) in [6.45, 7) is 3.59. The molecule has 1 atom stereocenters. The summed E-state index contributed by atoms with van der Waals surface area (Å²) in [5.74, 6) is 1.12. The fourth-order valence-electron chi connectivity index (χ4n) is 3.97. The first-order valence-corrected chi connectivity index (χ1v) is 10.5. The van der Waals surface area contributed by atoms with Gasteiger partial charge in [0.05, 0.1) is 12.4 Å². The summed E-state index contributed by atoms with van der Waals surface area (Å²) < 4.78 is 32.5. The number of rotatable bonds is 4. The molecule has 5 heteroatoms. The van der Waals surface area contributed by atoms with Gasteiger partial charge in [0, 0.05) is 24.1 Å². The third kappa shape index (κ3) is 2.85. The molecule has 2 aromatic carbocycles. The standard InChI is InChI=1S/C20H23NO3S/c1-2-12-25(22,23)21-11-10-20(14-21)15-24-19-9-8-17(13-18(19)20)16-6-4-3-5-7-16/h3-9,13H,2,10-12,14-15H2,1H3. The van der Waals surface area contributed by atoms with E-state index in [0.29, 0.717) is 26.1 Å². The molecule has 1 saturated heterocycles. The van der Waals surface area contributed by atoms with Crippen LogP contribution in [0.15, 0.2) is 48.5 Å². The highest BCUT2D eigenvalue weighted by Gasteiger charge is 2.48. The van der Waals surface area contributed by atoms with Crippen molar-refractivity contribution in [2.75, 3.05) is 25.4 Å². The van der Waals surface area contributed by atoms with Crippen molar-refractivity contribution in [2.45, 2.75) is 25.2 Å². The van der Waals surface area contributed by atoms with Crippen LogP contribution in [0.1, 0.15) is 25.3 Å². The van der Waals surface area contributed by atoms with Gasteiger partial charge in [0.1, 0.15) is 5.75 Å². The molecule has 2 aliphatic rings. The van der Waals surface area contributed by atoms with Crippen molar-refractivity contribution < 1.29 is 13.2 Å². The number of benzene rings is 2. The second-order valence-electron chi connectivity index (χ2n) is 7.05. The van der Waals surface area contributed by atoms with E-state index in [-0.39, 0.29) is 11.2 Å². The van der Waals surface area contributed by atoms with E-state index in [0.717, 1.165) is 23.3 Å². The highest BCUT2D eigenvalue weighted by Crippen LogP contribution is 2.46. The molecule has 0 aliphatic carbocycles. The van der Waals surface area contributed by atoms with E-state index in [4.69, 9.17) is 4.74 Å². The lowest BCUT2D eigenvalue weighted by atomic mass is 9.81. The lowest BCUT2D eigenvalue weighted by Crippen LogP contribution is -2.36. The van der Waals surface area contributed by atoms with E-state index in [2.05, 4.69) is 24.3 Å². The van der Waals surface area contributed by atoms with E-state index >= 15 is 0 Å². The maximum atomic E-state index is 12.5. The van der Waals surface area contributed by atoms with Gasteiger partial charge >= 0.3 is 0 Å². The first kappa shape index (κ1) is 16.6. The summed E-state index contributed by atoms with van der Waals surface area (Å²) in [7, 11) is -3.16. The number of hydrogen-bond donors (Lipinski definition) is 0. The average Bonchev–Trinajstić information content (AvgIpc) is 3.22. The van der Waals surface area contributed by atoms with Crippen molar-refractivity contribution in [1.29, 1.82) is 0 Å². The van der Waals surface area contributed by atoms with Crippen LogP contribution in [-0.4, -0.2) is 38.2 Å². The van der Waals surface area contributed by atoms with Gasteiger partial charge in [0.2, 0.25) is 10.0 Å². The Morgan fingerprint density at radius 2 is 1.92 bits per heavy atom. The highest BCUT2D eigenvalue weighted by molar-refractivity contribution is 7.89. The highest BCUT2D eigenvalue weighted by atomic mass is 32.2. The molecule has 1 unspecified atom stereocenters. The molecule has 0 bridgehead atoms. The van der Waals surface area contributed by atoms with E-state index in [9.17, 15) is 8.42 Å². The molecule has 4 rings (SSSR count). The molecule has 2 heterocycles. The van der Waals surface area contributed by atoms with Gasteiger partial charge in [0.25, 0.3) is 0 Å². The lowest BCUT2D eigenvalue weighted by molar-refractivity contribution is 0.271. The largest absolute Gasteiger partial charge is 0.492 e. The maximum Gasteiger partial charge on any atom is 0.214 e. The first-order chi connectivity index (χ1) is 12.0. The molecule has 4 nitrogen and oxygen atoms in total. The normalized spacial score (nSPS) is 22.9. The zero-order valence-corrected chi connectivity index (χ0v) is 15.3. The SMILES string of the molecule is CCCS(=O)(=O)N1CCC2(COc3ccc(-c4ccccc4)cc32)C1. The van der Waals surface area contributed by atoms with Crippen LogP contribution < -0.4 is 4.74 Å². The molecule has 0 saturated carbocycles. The molecular formula is C20H23NO3S. The van der Waals surface area contributed by atoms with E-state index in [1.807, 2.05) is 31.2 Å². The Hall–Kier alpha value is -1.85. The summed E-state index contributed by atoms with van der Waals surface area (Å²) in [6, 6.07) is 16.5. The Morgan fingerprint density at radius 3 is 2.68 bits per heavy atom. The van der Waals surface area contributed by atoms with Crippen LogP contribution in [0.5, 0.6) is 5.75 Å². The average molecular weight is 357 g/mol. The van der Waals surface area contributed by atoms with Gasteiger partial charge in [-0.05, 0) is 36.1 Å². The van der Waals surface area contributed by atoms with Crippen LogP contribution in [0.2, 0.25) is 0 Å².